The lowest BCUT2D eigenvalue weighted by atomic mass is 10.1. The third-order valence-corrected chi connectivity index (χ3v) is 5.64. The van der Waals surface area contributed by atoms with Gasteiger partial charge in [0.1, 0.15) is 5.76 Å². The fraction of sp³-hybridized carbons (Fsp3) is 0.136. The first-order chi connectivity index (χ1) is 14.0. The number of nitro benzene ring substituents is 1. The molecule has 0 aliphatic rings. The van der Waals surface area contributed by atoms with Gasteiger partial charge in [-0.05, 0) is 66.9 Å². The molecule has 0 amide bonds. The van der Waals surface area contributed by atoms with E-state index in [9.17, 15) is 10.1 Å². The number of aromatic nitrogens is 1. The molecule has 0 aliphatic carbocycles. The Morgan fingerprint density at radius 2 is 1.90 bits per heavy atom. The topological polar surface area (TPSA) is 73.6 Å². The minimum atomic E-state index is -0.394. The maximum Gasteiger partial charge on any atom is 0.269 e. The van der Waals surface area contributed by atoms with E-state index in [2.05, 4.69) is 30.5 Å². The molecule has 0 saturated heterocycles. The molecule has 2 aromatic heterocycles. The molecule has 4 aromatic rings. The fourth-order valence-corrected chi connectivity index (χ4v) is 3.95. The number of nitrogens with zero attached hydrogens (tertiary/aromatic N) is 3. The summed E-state index contributed by atoms with van der Waals surface area (Å²) >= 11 is 1.53. The van der Waals surface area contributed by atoms with E-state index in [-0.39, 0.29) is 5.69 Å². The molecule has 0 unspecified atom stereocenters. The molecule has 4 rings (SSSR count). The monoisotopic (exact) mass is 405 g/mol. The van der Waals surface area contributed by atoms with Crippen molar-refractivity contribution in [1.82, 2.24) is 4.57 Å². The summed E-state index contributed by atoms with van der Waals surface area (Å²) in [5, 5.41) is 13.0. The smallest absolute Gasteiger partial charge is 0.269 e. The van der Waals surface area contributed by atoms with E-state index in [1.54, 1.807) is 18.4 Å². The standard InChI is InChI=1S/C22H19N3O3S/c1-15-5-8-18(12-16(15)2)23-22-24(13-20-4-3-11-28-20)21(14-29-22)17-6-9-19(10-7-17)25(26)27/h3-12,14H,13H2,1-2H3. The van der Waals surface area contributed by atoms with Gasteiger partial charge in [0.05, 0.1) is 29.1 Å². The molecule has 2 heterocycles. The molecule has 0 N–H and O–H groups in total. The normalized spacial score (nSPS) is 11.7. The second-order valence-electron chi connectivity index (χ2n) is 6.75. The number of furan rings is 1. The van der Waals surface area contributed by atoms with E-state index >= 15 is 0 Å². The van der Waals surface area contributed by atoms with Crippen LogP contribution in [0.4, 0.5) is 11.4 Å². The molecule has 0 atom stereocenters. The first kappa shape index (κ1) is 18.9. The van der Waals surface area contributed by atoms with Gasteiger partial charge in [-0.1, -0.05) is 6.07 Å². The van der Waals surface area contributed by atoms with Crippen molar-refractivity contribution in [2.75, 3.05) is 0 Å². The zero-order valence-electron chi connectivity index (χ0n) is 16.0. The number of rotatable bonds is 5. The fourth-order valence-electron chi connectivity index (χ4n) is 3.02. The minimum absolute atomic E-state index is 0.0709. The van der Waals surface area contributed by atoms with Gasteiger partial charge in [-0.2, -0.15) is 0 Å². The molecule has 29 heavy (non-hydrogen) atoms. The van der Waals surface area contributed by atoms with E-state index in [0.717, 1.165) is 27.5 Å². The highest BCUT2D eigenvalue weighted by Gasteiger charge is 2.12. The van der Waals surface area contributed by atoms with Crippen molar-refractivity contribution in [2.45, 2.75) is 20.4 Å². The average molecular weight is 405 g/mol. The molecule has 0 radical (unpaired) electrons. The van der Waals surface area contributed by atoms with Crippen molar-refractivity contribution in [3.63, 3.8) is 0 Å². The zero-order chi connectivity index (χ0) is 20.4. The average Bonchev–Trinajstić information content (AvgIpc) is 3.36. The Morgan fingerprint density at radius 1 is 1.10 bits per heavy atom. The third-order valence-electron chi connectivity index (χ3n) is 4.78. The second-order valence-corrected chi connectivity index (χ2v) is 7.59. The molecule has 0 aliphatic heterocycles. The lowest BCUT2D eigenvalue weighted by molar-refractivity contribution is -0.384. The molecule has 6 nitrogen and oxygen atoms in total. The number of nitro groups is 1. The summed E-state index contributed by atoms with van der Waals surface area (Å²) in [4.78, 5) is 16.2. The summed E-state index contributed by atoms with van der Waals surface area (Å²) in [5.74, 6) is 0.813. The lowest BCUT2D eigenvalue weighted by Crippen LogP contribution is -2.16. The highest BCUT2D eigenvalue weighted by atomic mass is 32.1. The van der Waals surface area contributed by atoms with Crippen molar-refractivity contribution in [1.29, 1.82) is 0 Å². The van der Waals surface area contributed by atoms with Gasteiger partial charge in [-0.25, -0.2) is 4.99 Å². The van der Waals surface area contributed by atoms with Crippen molar-refractivity contribution in [3.05, 3.63) is 98.0 Å². The molecule has 0 fully saturated rings. The Balaban J connectivity index is 1.82. The van der Waals surface area contributed by atoms with E-state index in [4.69, 9.17) is 9.41 Å². The van der Waals surface area contributed by atoms with Crippen LogP contribution in [-0.4, -0.2) is 9.49 Å². The third kappa shape index (κ3) is 4.05. The van der Waals surface area contributed by atoms with Crippen LogP contribution in [0.25, 0.3) is 11.3 Å². The first-order valence-corrected chi connectivity index (χ1v) is 9.97. The van der Waals surface area contributed by atoms with Gasteiger partial charge < -0.3 is 8.98 Å². The molecule has 0 spiro atoms. The predicted octanol–water partition coefficient (Wildman–Crippen LogP) is 5.62. The number of hydrogen-bond acceptors (Lipinski definition) is 5. The van der Waals surface area contributed by atoms with Crippen LogP contribution in [-0.2, 0) is 6.54 Å². The Kier molecular flexibility index (Phi) is 5.14. The van der Waals surface area contributed by atoms with Gasteiger partial charge in [0.2, 0.25) is 0 Å². The lowest BCUT2D eigenvalue weighted by Gasteiger charge is -2.08. The predicted molar refractivity (Wildman–Crippen MR) is 113 cm³/mol. The molecular formula is C22H19N3O3S. The quantitative estimate of drug-likeness (QED) is 0.320. The van der Waals surface area contributed by atoms with Gasteiger partial charge in [-0.3, -0.25) is 10.1 Å². The number of hydrogen-bond donors (Lipinski definition) is 0. The summed E-state index contributed by atoms with van der Waals surface area (Å²) in [5.41, 5.74) is 5.20. The molecular weight excluding hydrogens is 386 g/mol. The SMILES string of the molecule is Cc1ccc(N=c2scc(-c3ccc([N+](=O)[O-])cc3)n2Cc2ccco2)cc1C. The van der Waals surface area contributed by atoms with Crippen molar-refractivity contribution in [2.24, 2.45) is 4.99 Å². The summed E-state index contributed by atoms with van der Waals surface area (Å²) in [6.45, 7) is 4.67. The Hall–Kier alpha value is -3.45. The molecule has 0 bridgehead atoms. The largest absolute Gasteiger partial charge is 0.467 e. The molecule has 146 valence electrons. The number of thiazole rings is 1. The number of benzene rings is 2. The van der Waals surface area contributed by atoms with E-state index in [1.165, 1.54) is 34.6 Å². The van der Waals surface area contributed by atoms with Crippen molar-refractivity contribution < 1.29 is 9.34 Å². The van der Waals surface area contributed by atoms with E-state index < -0.39 is 4.92 Å². The van der Waals surface area contributed by atoms with Crippen molar-refractivity contribution >= 4 is 22.7 Å². The summed E-state index contributed by atoms with van der Waals surface area (Å²) in [6, 6.07) is 16.5. The second kappa shape index (κ2) is 7.89. The maximum atomic E-state index is 11.0. The van der Waals surface area contributed by atoms with Crippen LogP contribution in [0.5, 0.6) is 0 Å². The number of aryl methyl sites for hydroxylation is 2. The Bertz CT molecular complexity index is 1220. The maximum absolute atomic E-state index is 11.0. The Labute approximate surface area is 171 Å². The van der Waals surface area contributed by atoms with Crippen LogP contribution in [0.15, 0.2) is 75.7 Å². The van der Waals surface area contributed by atoms with Crippen LogP contribution in [0, 0.1) is 24.0 Å². The summed E-state index contributed by atoms with van der Waals surface area (Å²) < 4.78 is 7.61. The van der Waals surface area contributed by atoms with Gasteiger partial charge in [0, 0.05) is 17.5 Å². The van der Waals surface area contributed by atoms with Gasteiger partial charge in [0.15, 0.2) is 4.80 Å². The van der Waals surface area contributed by atoms with Gasteiger partial charge >= 0.3 is 0 Å². The van der Waals surface area contributed by atoms with E-state index in [0.29, 0.717) is 6.54 Å². The molecule has 2 aromatic carbocycles. The summed E-state index contributed by atoms with van der Waals surface area (Å²) in [7, 11) is 0. The van der Waals surface area contributed by atoms with Crippen LogP contribution >= 0.6 is 11.3 Å². The highest BCUT2D eigenvalue weighted by Crippen LogP contribution is 2.25. The van der Waals surface area contributed by atoms with Crippen LogP contribution in [0.3, 0.4) is 0 Å². The zero-order valence-corrected chi connectivity index (χ0v) is 16.8. The highest BCUT2D eigenvalue weighted by molar-refractivity contribution is 7.07. The number of non-ortho nitro benzene ring substituents is 1. The Morgan fingerprint density at radius 3 is 2.55 bits per heavy atom. The molecule has 7 heteroatoms. The van der Waals surface area contributed by atoms with E-state index in [1.807, 2.05) is 23.6 Å². The van der Waals surface area contributed by atoms with Gasteiger partial charge in [-0.15, -0.1) is 11.3 Å². The van der Waals surface area contributed by atoms with Crippen LogP contribution in [0.1, 0.15) is 16.9 Å². The van der Waals surface area contributed by atoms with Gasteiger partial charge in [0.25, 0.3) is 5.69 Å². The molecule has 0 saturated carbocycles. The summed E-state index contributed by atoms with van der Waals surface area (Å²) in [6.07, 6.45) is 1.65. The van der Waals surface area contributed by atoms with Crippen LogP contribution < -0.4 is 4.80 Å². The first-order valence-electron chi connectivity index (χ1n) is 9.09. The van der Waals surface area contributed by atoms with Crippen LogP contribution in [0.2, 0.25) is 0 Å². The minimum Gasteiger partial charge on any atom is -0.467 e. The van der Waals surface area contributed by atoms with Crippen molar-refractivity contribution in [3.8, 4) is 11.3 Å².